The number of carbonyl (C=O) groups is 1. The number of hydrogen-bond acceptors (Lipinski definition) is 4. The Morgan fingerprint density at radius 1 is 1.23 bits per heavy atom. The molecule has 8 heteroatoms. The third-order valence-electron chi connectivity index (χ3n) is 3.97. The number of fused-ring (bicyclic) bond motifs is 1. The predicted octanol–water partition coefficient (Wildman–Crippen LogP) is 3.92. The van der Waals surface area contributed by atoms with Crippen LogP contribution in [0.15, 0.2) is 42.5 Å². The van der Waals surface area contributed by atoms with Crippen molar-refractivity contribution in [3.8, 4) is 11.5 Å². The molecule has 138 valence electrons. The molecule has 1 heterocycles. The van der Waals surface area contributed by atoms with E-state index in [-0.39, 0.29) is 23.7 Å². The van der Waals surface area contributed by atoms with Crippen LogP contribution in [-0.4, -0.2) is 35.2 Å². The zero-order valence-corrected chi connectivity index (χ0v) is 13.9. The van der Waals surface area contributed by atoms with Crippen LogP contribution in [0.4, 0.5) is 18.9 Å². The van der Waals surface area contributed by atoms with Gasteiger partial charge in [-0.1, -0.05) is 18.2 Å². The molecule has 2 N–H and O–H groups in total. The van der Waals surface area contributed by atoms with Gasteiger partial charge in [-0.2, -0.15) is 13.2 Å². The minimum absolute atomic E-state index is 0.125. The quantitative estimate of drug-likeness (QED) is 0.861. The topological polar surface area (TPSA) is 61.8 Å². The maximum absolute atomic E-state index is 13.1. The van der Waals surface area contributed by atoms with Crippen molar-refractivity contribution in [2.75, 3.05) is 18.5 Å². The number of para-hydroxylation sites is 1. The number of phenols is 1. The standard InChI is InChI=1S/C18H17F3N2O3/c1-2-26-15-9-11(7-8-14(15)24)16-22-13-6-4-3-5-12(13)17(25)23(16)10-18(19,20)21/h3-9,16,22,24H,2,10H2,1H3. The highest BCUT2D eigenvalue weighted by molar-refractivity contribution is 6.01. The first-order chi connectivity index (χ1) is 12.3. The van der Waals surface area contributed by atoms with Gasteiger partial charge in [-0.15, -0.1) is 0 Å². The number of aromatic hydroxyl groups is 1. The smallest absolute Gasteiger partial charge is 0.406 e. The summed E-state index contributed by atoms with van der Waals surface area (Å²) in [6, 6.07) is 10.6. The van der Waals surface area contributed by atoms with E-state index in [1.807, 2.05) is 0 Å². The number of nitrogens with one attached hydrogen (secondary N) is 1. The number of nitrogens with zero attached hydrogens (tertiary/aromatic N) is 1. The Morgan fingerprint density at radius 3 is 2.65 bits per heavy atom. The fraction of sp³-hybridized carbons (Fsp3) is 0.278. The Labute approximate surface area is 148 Å². The van der Waals surface area contributed by atoms with Crippen LogP contribution in [0, 0.1) is 0 Å². The summed E-state index contributed by atoms with van der Waals surface area (Å²) < 4.78 is 44.5. The first-order valence-corrected chi connectivity index (χ1v) is 7.99. The Kier molecular flexibility index (Phi) is 4.67. The molecule has 1 aliphatic heterocycles. The van der Waals surface area contributed by atoms with Crippen LogP contribution in [-0.2, 0) is 0 Å². The highest BCUT2D eigenvalue weighted by Gasteiger charge is 2.40. The lowest BCUT2D eigenvalue weighted by Crippen LogP contribution is -2.47. The van der Waals surface area contributed by atoms with Crippen molar-refractivity contribution in [3.63, 3.8) is 0 Å². The molecule has 5 nitrogen and oxygen atoms in total. The van der Waals surface area contributed by atoms with E-state index in [1.54, 1.807) is 25.1 Å². The van der Waals surface area contributed by atoms with Crippen molar-refractivity contribution < 1.29 is 27.8 Å². The average Bonchev–Trinajstić information content (AvgIpc) is 2.58. The molecule has 0 fully saturated rings. The normalized spacial score (nSPS) is 16.8. The molecule has 0 aliphatic carbocycles. The third kappa shape index (κ3) is 3.54. The van der Waals surface area contributed by atoms with Crippen LogP contribution in [0.2, 0.25) is 0 Å². The molecule has 1 aliphatic rings. The second kappa shape index (κ2) is 6.78. The SMILES string of the molecule is CCOc1cc(C2Nc3ccccc3C(=O)N2CC(F)(F)F)ccc1O. The van der Waals surface area contributed by atoms with Gasteiger partial charge in [0.05, 0.1) is 12.2 Å². The minimum Gasteiger partial charge on any atom is -0.504 e. The van der Waals surface area contributed by atoms with Crippen LogP contribution in [0.1, 0.15) is 29.0 Å². The lowest BCUT2D eigenvalue weighted by atomic mass is 10.0. The van der Waals surface area contributed by atoms with Crippen LogP contribution < -0.4 is 10.1 Å². The number of ether oxygens (including phenoxy) is 1. The fourth-order valence-corrected chi connectivity index (χ4v) is 2.88. The summed E-state index contributed by atoms with van der Waals surface area (Å²) in [4.78, 5) is 13.4. The van der Waals surface area contributed by atoms with E-state index in [0.717, 1.165) is 4.90 Å². The molecule has 2 aromatic rings. The molecule has 1 atom stereocenters. The van der Waals surface area contributed by atoms with E-state index in [4.69, 9.17) is 4.74 Å². The Hall–Kier alpha value is -2.90. The van der Waals surface area contributed by atoms with E-state index in [1.165, 1.54) is 24.3 Å². The molecule has 0 aromatic heterocycles. The van der Waals surface area contributed by atoms with E-state index < -0.39 is 24.8 Å². The van der Waals surface area contributed by atoms with Gasteiger partial charge in [-0.25, -0.2) is 0 Å². The Bertz CT molecular complexity index is 824. The molecule has 0 radical (unpaired) electrons. The summed E-state index contributed by atoms with van der Waals surface area (Å²) in [6.07, 6.45) is -5.60. The zero-order valence-electron chi connectivity index (χ0n) is 13.9. The van der Waals surface area contributed by atoms with Gasteiger partial charge in [0.15, 0.2) is 11.5 Å². The minimum atomic E-state index is -4.55. The number of carbonyl (C=O) groups excluding carboxylic acids is 1. The summed E-state index contributed by atoms with van der Waals surface area (Å²) >= 11 is 0. The summed E-state index contributed by atoms with van der Waals surface area (Å²) in [7, 11) is 0. The first-order valence-electron chi connectivity index (χ1n) is 7.99. The van der Waals surface area contributed by atoms with Crippen molar-refractivity contribution >= 4 is 11.6 Å². The second-order valence-corrected chi connectivity index (χ2v) is 5.80. The van der Waals surface area contributed by atoms with Gasteiger partial charge >= 0.3 is 6.18 Å². The molecule has 26 heavy (non-hydrogen) atoms. The number of anilines is 1. The predicted molar refractivity (Wildman–Crippen MR) is 89.2 cm³/mol. The van der Waals surface area contributed by atoms with E-state index >= 15 is 0 Å². The van der Waals surface area contributed by atoms with Gasteiger partial charge in [-0.3, -0.25) is 4.79 Å². The highest BCUT2D eigenvalue weighted by Crippen LogP contribution is 2.37. The van der Waals surface area contributed by atoms with Crippen LogP contribution >= 0.6 is 0 Å². The third-order valence-corrected chi connectivity index (χ3v) is 3.97. The zero-order chi connectivity index (χ0) is 18.9. The monoisotopic (exact) mass is 366 g/mol. The number of phenolic OH excluding ortho intramolecular Hbond substituents is 1. The van der Waals surface area contributed by atoms with Gasteiger partial charge < -0.3 is 20.1 Å². The molecule has 1 amide bonds. The number of rotatable bonds is 4. The van der Waals surface area contributed by atoms with E-state index in [2.05, 4.69) is 5.32 Å². The average molecular weight is 366 g/mol. The van der Waals surface area contributed by atoms with Crippen LogP contribution in [0.3, 0.4) is 0 Å². The van der Waals surface area contributed by atoms with E-state index in [0.29, 0.717) is 11.3 Å². The van der Waals surface area contributed by atoms with Crippen molar-refractivity contribution in [2.24, 2.45) is 0 Å². The number of amides is 1. The Balaban J connectivity index is 2.05. The second-order valence-electron chi connectivity index (χ2n) is 5.80. The van der Waals surface area contributed by atoms with Gasteiger partial charge in [-0.05, 0) is 36.8 Å². The van der Waals surface area contributed by atoms with Crippen LogP contribution in [0.5, 0.6) is 11.5 Å². The summed E-state index contributed by atoms with van der Waals surface area (Å²) in [5.41, 5.74) is 1.00. The number of halogens is 3. The molecule has 3 rings (SSSR count). The number of hydrogen-bond donors (Lipinski definition) is 2. The van der Waals surface area contributed by atoms with Gasteiger partial charge in [0.2, 0.25) is 0 Å². The van der Waals surface area contributed by atoms with Gasteiger partial charge in [0.1, 0.15) is 12.7 Å². The fourth-order valence-electron chi connectivity index (χ4n) is 2.88. The lowest BCUT2D eigenvalue weighted by molar-refractivity contribution is -0.144. The molecule has 2 aromatic carbocycles. The summed E-state index contributed by atoms with van der Waals surface area (Å²) in [5.74, 6) is -0.696. The summed E-state index contributed by atoms with van der Waals surface area (Å²) in [6.45, 7) is 0.604. The number of benzene rings is 2. The molecule has 0 saturated carbocycles. The van der Waals surface area contributed by atoms with Crippen molar-refractivity contribution in [2.45, 2.75) is 19.3 Å². The molecule has 0 spiro atoms. The van der Waals surface area contributed by atoms with Gasteiger partial charge in [0.25, 0.3) is 5.91 Å². The molecule has 0 saturated heterocycles. The Morgan fingerprint density at radius 2 is 1.96 bits per heavy atom. The first kappa shape index (κ1) is 17.9. The van der Waals surface area contributed by atoms with Crippen molar-refractivity contribution in [1.82, 2.24) is 4.90 Å². The molecule has 0 bridgehead atoms. The molecule has 1 unspecified atom stereocenters. The maximum Gasteiger partial charge on any atom is 0.406 e. The molecular formula is C18H17F3N2O3. The van der Waals surface area contributed by atoms with Crippen molar-refractivity contribution in [1.29, 1.82) is 0 Å². The largest absolute Gasteiger partial charge is 0.504 e. The van der Waals surface area contributed by atoms with Crippen molar-refractivity contribution in [3.05, 3.63) is 53.6 Å². The summed E-state index contributed by atoms with van der Waals surface area (Å²) in [5, 5.41) is 12.8. The lowest BCUT2D eigenvalue weighted by Gasteiger charge is -2.38. The van der Waals surface area contributed by atoms with Gasteiger partial charge in [0, 0.05) is 5.69 Å². The molecular weight excluding hydrogens is 349 g/mol. The maximum atomic E-state index is 13.1. The highest BCUT2D eigenvalue weighted by atomic mass is 19.4. The van der Waals surface area contributed by atoms with Crippen LogP contribution in [0.25, 0.3) is 0 Å². The number of alkyl halides is 3. The van der Waals surface area contributed by atoms with E-state index in [9.17, 15) is 23.1 Å².